The Kier molecular flexibility index (Phi) is 5.83. The first-order valence-corrected chi connectivity index (χ1v) is 7.50. The van der Waals surface area contributed by atoms with Crippen LogP contribution < -0.4 is 10.2 Å². The van der Waals surface area contributed by atoms with Crippen LogP contribution in [0.2, 0.25) is 0 Å². The minimum atomic E-state index is -0.704. The molecule has 0 bridgehead atoms. The van der Waals surface area contributed by atoms with Gasteiger partial charge in [-0.3, -0.25) is 0 Å². The highest BCUT2D eigenvalue weighted by atomic mass is 79.9. The average Bonchev–Trinajstić information content (AvgIpc) is 2.26. The fourth-order valence-electron chi connectivity index (χ4n) is 2.19. The number of hydrogen-bond donors (Lipinski definition) is 2. The van der Waals surface area contributed by atoms with Crippen LogP contribution in [0.4, 0.5) is 5.69 Å². The number of nitrogens with one attached hydrogen (secondary N) is 1. The van der Waals surface area contributed by atoms with Gasteiger partial charge in [-0.25, -0.2) is 0 Å². The third-order valence-corrected chi connectivity index (χ3v) is 3.65. The summed E-state index contributed by atoms with van der Waals surface area (Å²) in [5.41, 5.74) is 1.65. The van der Waals surface area contributed by atoms with Gasteiger partial charge in [-0.05, 0) is 60.9 Å². The van der Waals surface area contributed by atoms with Crippen molar-refractivity contribution in [2.75, 3.05) is 25.0 Å². The molecule has 0 spiro atoms. The van der Waals surface area contributed by atoms with E-state index >= 15 is 0 Å². The lowest BCUT2D eigenvalue weighted by molar-refractivity contribution is 0.0886. The Balaban J connectivity index is 2.88. The third kappa shape index (κ3) is 5.13. The monoisotopic (exact) mass is 328 g/mol. The highest BCUT2D eigenvalue weighted by molar-refractivity contribution is 9.10. The number of nitrogens with zero attached hydrogens (tertiary/aromatic N) is 1. The van der Waals surface area contributed by atoms with Gasteiger partial charge in [0.2, 0.25) is 0 Å². The van der Waals surface area contributed by atoms with Crippen LogP contribution in [0.5, 0.6) is 0 Å². The molecule has 1 rings (SSSR count). The van der Waals surface area contributed by atoms with Gasteiger partial charge < -0.3 is 15.3 Å². The Morgan fingerprint density at radius 3 is 2.53 bits per heavy atom. The summed E-state index contributed by atoms with van der Waals surface area (Å²) >= 11 is 3.62. The van der Waals surface area contributed by atoms with Crippen molar-refractivity contribution in [2.45, 2.75) is 39.3 Å². The van der Waals surface area contributed by atoms with Crippen molar-refractivity contribution in [1.29, 1.82) is 0 Å². The van der Waals surface area contributed by atoms with Crippen molar-refractivity contribution in [2.24, 2.45) is 0 Å². The maximum atomic E-state index is 9.89. The summed E-state index contributed by atoms with van der Waals surface area (Å²) in [5, 5.41) is 13.3. The van der Waals surface area contributed by atoms with Crippen LogP contribution in [0.25, 0.3) is 0 Å². The lowest BCUT2D eigenvalue weighted by Gasteiger charge is -2.28. The molecule has 1 atom stereocenters. The molecule has 19 heavy (non-hydrogen) atoms. The van der Waals surface area contributed by atoms with Crippen molar-refractivity contribution in [3.8, 4) is 0 Å². The van der Waals surface area contributed by atoms with E-state index in [2.05, 4.69) is 58.2 Å². The molecule has 1 aromatic rings. The van der Waals surface area contributed by atoms with Gasteiger partial charge in [0.1, 0.15) is 0 Å². The molecule has 4 heteroatoms. The zero-order chi connectivity index (χ0) is 14.6. The third-order valence-electron chi connectivity index (χ3n) is 3.02. The summed E-state index contributed by atoms with van der Waals surface area (Å²) in [6, 6.07) is 6.71. The Labute approximate surface area is 125 Å². The molecule has 0 aliphatic carbocycles. The second-order valence-electron chi connectivity index (χ2n) is 5.66. The molecule has 0 fully saturated rings. The van der Waals surface area contributed by atoms with E-state index in [4.69, 9.17) is 0 Å². The summed E-state index contributed by atoms with van der Waals surface area (Å²) in [6.07, 6.45) is 0. The molecule has 0 amide bonds. The second kappa shape index (κ2) is 6.73. The molecule has 1 unspecified atom stereocenters. The maximum Gasteiger partial charge on any atom is 0.0765 e. The van der Waals surface area contributed by atoms with E-state index in [1.54, 1.807) is 0 Å². The minimum Gasteiger partial charge on any atom is -0.389 e. The molecule has 0 aromatic heterocycles. The molecular formula is C15H25BrN2O. The van der Waals surface area contributed by atoms with E-state index in [0.717, 1.165) is 16.7 Å². The molecule has 3 nitrogen and oxygen atoms in total. The zero-order valence-corrected chi connectivity index (χ0v) is 14.1. The Morgan fingerprint density at radius 2 is 2.05 bits per heavy atom. The molecule has 0 saturated carbocycles. The molecule has 0 aliphatic heterocycles. The highest BCUT2D eigenvalue weighted by Crippen LogP contribution is 2.29. The van der Waals surface area contributed by atoms with Gasteiger partial charge in [0.15, 0.2) is 0 Å². The normalized spacial score (nSPS) is 13.4. The maximum absolute atomic E-state index is 9.89. The smallest absolute Gasteiger partial charge is 0.0765 e. The topological polar surface area (TPSA) is 35.5 Å². The van der Waals surface area contributed by atoms with E-state index in [-0.39, 0.29) is 0 Å². The van der Waals surface area contributed by atoms with Gasteiger partial charge in [-0.1, -0.05) is 13.0 Å². The first-order valence-electron chi connectivity index (χ1n) is 6.71. The van der Waals surface area contributed by atoms with Crippen molar-refractivity contribution in [3.63, 3.8) is 0 Å². The number of hydrogen-bond acceptors (Lipinski definition) is 3. The van der Waals surface area contributed by atoms with Crippen molar-refractivity contribution in [1.82, 2.24) is 5.32 Å². The van der Waals surface area contributed by atoms with E-state index in [1.165, 1.54) is 5.56 Å². The van der Waals surface area contributed by atoms with Crippen LogP contribution in [0.1, 0.15) is 39.3 Å². The van der Waals surface area contributed by atoms with Crippen molar-refractivity contribution >= 4 is 21.6 Å². The number of halogens is 1. The summed E-state index contributed by atoms with van der Waals surface area (Å²) in [7, 11) is 1.99. The lowest BCUT2D eigenvalue weighted by Crippen LogP contribution is -2.36. The largest absolute Gasteiger partial charge is 0.389 e. The van der Waals surface area contributed by atoms with E-state index < -0.39 is 5.60 Å². The molecule has 108 valence electrons. The number of likely N-dealkylation sites (N-methyl/N-ethyl adjacent to an activating group) is 1. The summed E-state index contributed by atoms with van der Waals surface area (Å²) in [6.45, 7) is 9.45. The lowest BCUT2D eigenvalue weighted by atomic mass is 10.1. The van der Waals surface area contributed by atoms with Crippen molar-refractivity contribution < 1.29 is 5.11 Å². The SMILES string of the molecule is CCNC(C)c1ccc(N(C)CC(C)(C)O)c(Br)c1. The Morgan fingerprint density at radius 1 is 1.42 bits per heavy atom. The quantitative estimate of drug-likeness (QED) is 0.840. The fourth-order valence-corrected chi connectivity index (χ4v) is 2.89. The number of benzene rings is 1. The van der Waals surface area contributed by atoms with Crippen LogP contribution in [-0.4, -0.2) is 30.8 Å². The van der Waals surface area contributed by atoms with Gasteiger partial charge in [0.05, 0.1) is 11.3 Å². The first-order chi connectivity index (χ1) is 8.74. The second-order valence-corrected chi connectivity index (χ2v) is 6.51. The zero-order valence-electron chi connectivity index (χ0n) is 12.5. The van der Waals surface area contributed by atoms with Gasteiger partial charge >= 0.3 is 0 Å². The van der Waals surface area contributed by atoms with Crippen LogP contribution in [0.15, 0.2) is 22.7 Å². The van der Waals surface area contributed by atoms with Crippen LogP contribution in [0, 0.1) is 0 Å². The molecule has 0 saturated heterocycles. The molecule has 1 aromatic carbocycles. The van der Waals surface area contributed by atoms with Gasteiger partial charge in [-0.2, -0.15) is 0 Å². The fraction of sp³-hybridized carbons (Fsp3) is 0.600. The highest BCUT2D eigenvalue weighted by Gasteiger charge is 2.17. The van der Waals surface area contributed by atoms with Crippen LogP contribution in [-0.2, 0) is 0 Å². The van der Waals surface area contributed by atoms with Gasteiger partial charge in [-0.15, -0.1) is 0 Å². The Bertz CT molecular complexity index is 415. The molecular weight excluding hydrogens is 304 g/mol. The van der Waals surface area contributed by atoms with E-state index in [0.29, 0.717) is 12.6 Å². The average molecular weight is 329 g/mol. The standard InChI is InChI=1S/C15H25BrN2O/c1-6-17-11(2)12-7-8-14(13(16)9-12)18(5)10-15(3,4)19/h7-9,11,17,19H,6,10H2,1-5H3. The van der Waals surface area contributed by atoms with E-state index in [1.807, 2.05) is 20.9 Å². The number of rotatable bonds is 6. The molecule has 0 heterocycles. The van der Waals surface area contributed by atoms with E-state index in [9.17, 15) is 5.11 Å². The molecule has 0 aliphatic rings. The minimum absolute atomic E-state index is 0.343. The predicted octanol–water partition coefficient (Wildman–Crippen LogP) is 3.33. The van der Waals surface area contributed by atoms with Gasteiger partial charge in [0.25, 0.3) is 0 Å². The van der Waals surface area contributed by atoms with Crippen molar-refractivity contribution in [3.05, 3.63) is 28.2 Å². The number of anilines is 1. The first kappa shape index (κ1) is 16.5. The van der Waals surface area contributed by atoms with Crippen LogP contribution in [0.3, 0.4) is 0 Å². The van der Waals surface area contributed by atoms with Gasteiger partial charge in [0, 0.05) is 24.1 Å². The van der Waals surface area contributed by atoms with Crippen LogP contribution >= 0.6 is 15.9 Å². The Hall–Kier alpha value is -0.580. The number of aliphatic hydroxyl groups is 1. The molecule has 0 radical (unpaired) electrons. The summed E-state index contributed by atoms with van der Waals surface area (Å²) in [4.78, 5) is 2.06. The summed E-state index contributed by atoms with van der Waals surface area (Å²) in [5.74, 6) is 0. The predicted molar refractivity (Wildman–Crippen MR) is 85.8 cm³/mol. The molecule has 2 N–H and O–H groups in total. The summed E-state index contributed by atoms with van der Waals surface area (Å²) < 4.78 is 1.06.